The third-order valence-corrected chi connectivity index (χ3v) is 2.42. The lowest BCUT2D eigenvalue weighted by atomic mass is 10.2. The molecule has 0 amide bonds. The fraction of sp³-hybridized carbons (Fsp3) is 0.231. The summed E-state index contributed by atoms with van der Waals surface area (Å²) in [6, 6.07) is 7.14. The molecule has 2 rings (SSSR count). The highest BCUT2D eigenvalue weighted by Crippen LogP contribution is 2.10. The number of aryl methyl sites for hydroxylation is 1. The van der Waals surface area contributed by atoms with Gasteiger partial charge in [0.1, 0.15) is 23.2 Å². The first-order valence-corrected chi connectivity index (χ1v) is 5.35. The third-order valence-electron chi connectivity index (χ3n) is 2.42. The zero-order valence-electron chi connectivity index (χ0n) is 9.47. The summed E-state index contributed by atoms with van der Waals surface area (Å²) in [5.74, 6) is 0.768. The summed E-state index contributed by atoms with van der Waals surface area (Å²) in [5.41, 5.74) is 0.313. The molecule has 1 N–H and O–H groups in total. The topological polar surface area (TPSA) is 25.2 Å². The summed E-state index contributed by atoms with van der Waals surface area (Å²) in [6.45, 7) is 2.61. The van der Waals surface area contributed by atoms with Gasteiger partial charge >= 0.3 is 0 Å². The molecule has 1 heterocycles. The van der Waals surface area contributed by atoms with E-state index in [1.165, 1.54) is 6.07 Å². The van der Waals surface area contributed by atoms with Crippen molar-refractivity contribution < 1.29 is 13.2 Å². The van der Waals surface area contributed by atoms with Crippen LogP contribution in [0.3, 0.4) is 0 Å². The number of hydrogen-bond acceptors (Lipinski definition) is 2. The first-order chi connectivity index (χ1) is 8.15. The first kappa shape index (κ1) is 11.8. The van der Waals surface area contributed by atoms with Gasteiger partial charge in [-0.05, 0) is 37.3 Å². The number of furan rings is 1. The van der Waals surface area contributed by atoms with Crippen LogP contribution in [0.1, 0.15) is 17.1 Å². The second-order valence-corrected chi connectivity index (χ2v) is 3.85. The van der Waals surface area contributed by atoms with Gasteiger partial charge in [0, 0.05) is 12.1 Å². The Labute approximate surface area is 98.3 Å². The van der Waals surface area contributed by atoms with Crippen molar-refractivity contribution in [3.8, 4) is 0 Å². The monoisotopic (exact) mass is 237 g/mol. The van der Waals surface area contributed by atoms with Crippen molar-refractivity contribution in [2.75, 3.05) is 0 Å². The molecule has 1 aromatic heterocycles. The van der Waals surface area contributed by atoms with Crippen molar-refractivity contribution in [2.45, 2.75) is 20.0 Å². The number of nitrogens with one attached hydrogen (secondary N) is 1. The molecule has 2 nitrogen and oxygen atoms in total. The highest BCUT2D eigenvalue weighted by Gasteiger charge is 2.04. The molecule has 0 aliphatic rings. The molecule has 17 heavy (non-hydrogen) atoms. The van der Waals surface area contributed by atoms with Gasteiger partial charge in [-0.1, -0.05) is 0 Å². The second-order valence-electron chi connectivity index (χ2n) is 3.85. The predicted molar refractivity (Wildman–Crippen MR) is 60.3 cm³/mol. The van der Waals surface area contributed by atoms with Crippen LogP contribution >= 0.6 is 0 Å². The Kier molecular flexibility index (Phi) is 3.54. The molecule has 1 aromatic carbocycles. The largest absolute Gasteiger partial charge is 0.465 e. The van der Waals surface area contributed by atoms with Crippen LogP contribution in [-0.4, -0.2) is 0 Å². The van der Waals surface area contributed by atoms with Crippen LogP contribution in [0.25, 0.3) is 0 Å². The van der Waals surface area contributed by atoms with E-state index < -0.39 is 11.6 Å². The van der Waals surface area contributed by atoms with Crippen LogP contribution in [-0.2, 0) is 13.1 Å². The minimum atomic E-state index is -0.433. The molecule has 2 aromatic rings. The van der Waals surface area contributed by atoms with E-state index in [0.717, 1.165) is 23.7 Å². The number of rotatable bonds is 4. The van der Waals surface area contributed by atoms with E-state index in [4.69, 9.17) is 4.42 Å². The van der Waals surface area contributed by atoms with Gasteiger partial charge in [0.05, 0.1) is 6.54 Å². The van der Waals surface area contributed by atoms with Gasteiger partial charge in [0.15, 0.2) is 0 Å². The summed E-state index contributed by atoms with van der Waals surface area (Å²) in [4.78, 5) is 0. The summed E-state index contributed by atoms with van der Waals surface area (Å²) in [7, 11) is 0. The Balaban J connectivity index is 1.91. The molecule has 4 heteroatoms. The van der Waals surface area contributed by atoms with Gasteiger partial charge in [-0.15, -0.1) is 0 Å². The summed E-state index contributed by atoms with van der Waals surface area (Å²) in [5, 5.41) is 3.00. The van der Waals surface area contributed by atoms with E-state index in [0.29, 0.717) is 12.1 Å². The smallest absolute Gasteiger partial charge is 0.127 e. The minimum absolute atomic E-state index is 0.267. The third kappa shape index (κ3) is 3.14. The minimum Gasteiger partial charge on any atom is -0.465 e. The molecule has 0 fully saturated rings. The van der Waals surface area contributed by atoms with Crippen LogP contribution in [0, 0.1) is 18.6 Å². The summed E-state index contributed by atoms with van der Waals surface area (Å²) < 4.78 is 31.5. The quantitative estimate of drug-likeness (QED) is 0.883. The van der Waals surface area contributed by atoms with E-state index in [9.17, 15) is 8.78 Å². The second kappa shape index (κ2) is 5.10. The van der Waals surface area contributed by atoms with Crippen molar-refractivity contribution in [2.24, 2.45) is 0 Å². The first-order valence-electron chi connectivity index (χ1n) is 5.35. The fourth-order valence-electron chi connectivity index (χ4n) is 1.58. The average Bonchev–Trinajstić information content (AvgIpc) is 2.69. The molecule has 0 aliphatic heterocycles. The van der Waals surface area contributed by atoms with Crippen LogP contribution < -0.4 is 5.32 Å². The van der Waals surface area contributed by atoms with E-state index in [1.807, 2.05) is 19.1 Å². The maximum absolute atomic E-state index is 13.3. The molecule has 0 bridgehead atoms. The van der Waals surface area contributed by atoms with Gasteiger partial charge in [-0.3, -0.25) is 0 Å². The lowest BCUT2D eigenvalue weighted by Crippen LogP contribution is -2.13. The SMILES string of the molecule is Cc1ccc(CNCc2cc(F)ccc2F)o1. The summed E-state index contributed by atoms with van der Waals surface area (Å²) >= 11 is 0. The van der Waals surface area contributed by atoms with Gasteiger partial charge in [0.25, 0.3) is 0 Å². The number of halogens is 2. The Hall–Kier alpha value is -1.68. The van der Waals surface area contributed by atoms with Gasteiger partial charge in [-0.25, -0.2) is 8.78 Å². The number of hydrogen-bond donors (Lipinski definition) is 1. The van der Waals surface area contributed by atoms with Crippen molar-refractivity contribution >= 4 is 0 Å². The lowest BCUT2D eigenvalue weighted by molar-refractivity contribution is 0.459. The lowest BCUT2D eigenvalue weighted by Gasteiger charge is -2.04. The zero-order chi connectivity index (χ0) is 12.3. The Bertz CT molecular complexity index is 508. The molecule has 0 saturated heterocycles. The normalized spacial score (nSPS) is 10.8. The Morgan fingerprint density at radius 1 is 1.12 bits per heavy atom. The van der Waals surface area contributed by atoms with Crippen LogP contribution in [0.2, 0.25) is 0 Å². The standard InChI is InChI=1S/C13H13F2NO/c1-9-2-4-12(17-9)8-16-7-10-6-11(14)3-5-13(10)15/h2-6,16H,7-8H2,1H3. The van der Waals surface area contributed by atoms with Crippen molar-refractivity contribution in [1.82, 2.24) is 5.32 Å². The molecule has 0 spiro atoms. The predicted octanol–water partition coefficient (Wildman–Crippen LogP) is 3.16. The highest BCUT2D eigenvalue weighted by molar-refractivity contribution is 5.18. The molecular weight excluding hydrogens is 224 g/mol. The van der Waals surface area contributed by atoms with Crippen LogP contribution in [0.5, 0.6) is 0 Å². The van der Waals surface area contributed by atoms with Gasteiger partial charge < -0.3 is 9.73 Å². The van der Waals surface area contributed by atoms with Crippen LogP contribution in [0.4, 0.5) is 8.78 Å². The van der Waals surface area contributed by atoms with E-state index in [2.05, 4.69) is 5.32 Å². The van der Waals surface area contributed by atoms with Crippen molar-refractivity contribution in [3.63, 3.8) is 0 Å². The van der Waals surface area contributed by atoms with E-state index >= 15 is 0 Å². The Morgan fingerprint density at radius 2 is 1.94 bits per heavy atom. The molecule has 0 unspecified atom stereocenters. The maximum Gasteiger partial charge on any atom is 0.127 e. The molecule has 90 valence electrons. The molecule has 0 atom stereocenters. The Morgan fingerprint density at radius 3 is 2.65 bits per heavy atom. The van der Waals surface area contributed by atoms with Crippen molar-refractivity contribution in [3.05, 3.63) is 59.1 Å². The van der Waals surface area contributed by atoms with Crippen LogP contribution in [0.15, 0.2) is 34.7 Å². The molecule has 0 saturated carbocycles. The van der Waals surface area contributed by atoms with Crippen molar-refractivity contribution in [1.29, 1.82) is 0 Å². The van der Waals surface area contributed by atoms with Gasteiger partial charge in [0.2, 0.25) is 0 Å². The van der Waals surface area contributed by atoms with Gasteiger partial charge in [-0.2, -0.15) is 0 Å². The summed E-state index contributed by atoms with van der Waals surface area (Å²) in [6.07, 6.45) is 0. The van der Waals surface area contributed by atoms with E-state index in [-0.39, 0.29) is 6.54 Å². The zero-order valence-corrected chi connectivity index (χ0v) is 9.47. The van der Waals surface area contributed by atoms with E-state index in [1.54, 1.807) is 0 Å². The highest BCUT2D eigenvalue weighted by atomic mass is 19.1. The number of benzene rings is 1. The fourth-order valence-corrected chi connectivity index (χ4v) is 1.58. The molecule has 0 radical (unpaired) electrons. The molecule has 0 aliphatic carbocycles. The maximum atomic E-state index is 13.3. The average molecular weight is 237 g/mol. The molecular formula is C13H13F2NO.